The molecule has 0 saturated carbocycles. The summed E-state index contributed by atoms with van der Waals surface area (Å²) in [5, 5.41) is 22.0. The van der Waals surface area contributed by atoms with Gasteiger partial charge in [0, 0.05) is 41.8 Å². The fourth-order valence-corrected chi connectivity index (χ4v) is 3.74. The van der Waals surface area contributed by atoms with Crippen LogP contribution in [-0.2, 0) is 9.59 Å². The van der Waals surface area contributed by atoms with Gasteiger partial charge < -0.3 is 9.84 Å². The van der Waals surface area contributed by atoms with Crippen LogP contribution in [0.15, 0.2) is 78.6 Å². The number of amides is 1. The minimum atomic E-state index is -0.953. The monoisotopic (exact) mass is 445 g/mol. The van der Waals surface area contributed by atoms with Gasteiger partial charge >= 0.3 is 0 Å². The number of aromatic nitrogens is 1. The van der Waals surface area contributed by atoms with Gasteiger partial charge in [-0.15, -0.1) is 0 Å². The molecule has 166 valence electrons. The average molecular weight is 445 g/mol. The van der Waals surface area contributed by atoms with Gasteiger partial charge in [0.05, 0.1) is 23.1 Å². The average Bonchev–Trinajstić information content (AvgIpc) is 3.10. The molecule has 1 amide bonds. The number of hydrogen-bond donors (Lipinski definition) is 1. The maximum absolute atomic E-state index is 13.1. The van der Waals surface area contributed by atoms with Crippen molar-refractivity contribution in [1.29, 1.82) is 0 Å². The molecule has 1 fully saturated rings. The van der Waals surface area contributed by atoms with Crippen LogP contribution in [0, 0.1) is 10.1 Å². The van der Waals surface area contributed by atoms with Crippen molar-refractivity contribution in [3.8, 4) is 5.75 Å². The van der Waals surface area contributed by atoms with Crippen molar-refractivity contribution in [2.45, 2.75) is 13.0 Å². The highest BCUT2D eigenvalue weighted by atomic mass is 16.6. The van der Waals surface area contributed by atoms with E-state index in [0.717, 1.165) is 0 Å². The number of Topliss-reactive ketones (excluding diaryl/α,β-unsaturated/α-hetero) is 1. The zero-order chi connectivity index (χ0) is 23.5. The number of non-ortho nitro benzene ring substituents is 1. The minimum absolute atomic E-state index is 0.135. The van der Waals surface area contributed by atoms with E-state index < -0.39 is 28.4 Å². The van der Waals surface area contributed by atoms with Gasteiger partial charge in [-0.2, -0.15) is 0 Å². The Morgan fingerprint density at radius 3 is 2.55 bits per heavy atom. The molecule has 9 nitrogen and oxygen atoms in total. The number of ketones is 1. The van der Waals surface area contributed by atoms with Crippen molar-refractivity contribution in [3.63, 3.8) is 0 Å². The molecule has 1 atom stereocenters. The van der Waals surface area contributed by atoms with Gasteiger partial charge in [0.15, 0.2) is 0 Å². The fourth-order valence-electron chi connectivity index (χ4n) is 3.74. The van der Waals surface area contributed by atoms with Crippen LogP contribution in [0.5, 0.6) is 5.75 Å². The quantitative estimate of drug-likeness (QED) is 0.200. The van der Waals surface area contributed by atoms with Crippen LogP contribution in [0.1, 0.15) is 24.1 Å². The predicted molar refractivity (Wildman–Crippen MR) is 120 cm³/mol. The van der Waals surface area contributed by atoms with Crippen LogP contribution in [0.2, 0.25) is 0 Å². The maximum atomic E-state index is 13.1. The molecule has 1 unspecified atom stereocenters. The van der Waals surface area contributed by atoms with Crippen molar-refractivity contribution in [3.05, 3.63) is 99.9 Å². The van der Waals surface area contributed by atoms with Gasteiger partial charge in [-0.25, -0.2) is 0 Å². The van der Waals surface area contributed by atoms with E-state index in [1.807, 2.05) is 6.92 Å². The number of carbonyl (C=O) groups is 2. The molecule has 0 radical (unpaired) electrons. The zero-order valence-corrected chi connectivity index (χ0v) is 17.5. The molecule has 33 heavy (non-hydrogen) atoms. The smallest absolute Gasteiger partial charge is 0.300 e. The van der Waals surface area contributed by atoms with Gasteiger partial charge in [-0.1, -0.05) is 12.1 Å². The Balaban J connectivity index is 1.88. The number of aliphatic hydroxyl groups is 1. The first-order valence-electron chi connectivity index (χ1n) is 10.1. The topological polar surface area (TPSA) is 123 Å². The third-order valence-electron chi connectivity index (χ3n) is 5.20. The predicted octanol–water partition coefficient (Wildman–Crippen LogP) is 4.01. The summed E-state index contributed by atoms with van der Waals surface area (Å²) >= 11 is 0. The molecule has 0 bridgehead atoms. The third-order valence-corrected chi connectivity index (χ3v) is 5.20. The van der Waals surface area contributed by atoms with Crippen molar-refractivity contribution >= 4 is 28.8 Å². The Morgan fingerprint density at radius 2 is 1.91 bits per heavy atom. The summed E-state index contributed by atoms with van der Waals surface area (Å²) in [6.45, 7) is 2.26. The largest absolute Gasteiger partial charge is 0.507 e. The Labute approximate surface area is 188 Å². The van der Waals surface area contributed by atoms with E-state index in [2.05, 4.69) is 4.98 Å². The maximum Gasteiger partial charge on any atom is 0.300 e. The van der Waals surface area contributed by atoms with Gasteiger partial charge in [0.2, 0.25) is 0 Å². The van der Waals surface area contributed by atoms with Crippen LogP contribution in [0.3, 0.4) is 0 Å². The molecule has 1 aliphatic heterocycles. The van der Waals surface area contributed by atoms with Crippen LogP contribution < -0.4 is 9.64 Å². The van der Waals surface area contributed by atoms with E-state index in [9.17, 15) is 24.8 Å². The molecule has 4 rings (SSSR count). The Hall–Kier alpha value is -4.53. The summed E-state index contributed by atoms with van der Waals surface area (Å²) in [4.78, 5) is 42.0. The number of pyridine rings is 1. The van der Waals surface area contributed by atoms with Crippen molar-refractivity contribution in [2.24, 2.45) is 0 Å². The molecule has 3 aromatic rings. The highest BCUT2D eigenvalue weighted by Gasteiger charge is 2.47. The first-order valence-corrected chi connectivity index (χ1v) is 10.1. The molecule has 1 aromatic heterocycles. The van der Waals surface area contributed by atoms with E-state index in [1.165, 1.54) is 35.4 Å². The van der Waals surface area contributed by atoms with Gasteiger partial charge in [-0.3, -0.25) is 29.6 Å². The fraction of sp³-hybridized carbons (Fsp3) is 0.125. The summed E-state index contributed by atoms with van der Waals surface area (Å²) in [7, 11) is 0. The highest BCUT2D eigenvalue weighted by Crippen LogP contribution is 2.42. The number of anilines is 1. The Kier molecular flexibility index (Phi) is 5.86. The lowest BCUT2D eigenvalue weighted by Crippen LogP contribution is -2.29. The summed E-state index contributed by atoms with van der Waals surface area (Å²) in [6.07, 6.45) is 3.07. The summed E-state index contributed by atoms with van der Waals surface area (Å²) in [6, 6.07) is 14.3. The number of nitrogens with zero attached hydrogens (tertiary/aromatic N) is 3. The first kappa shape index (κ1) is 21.7. The molecule has 1 aliphatic rings. The van der Waals surface area contributed by atoms with Gasteiger partial charge in [-0.05, 0) is 42.8 Å². The molecular weight excluding hydrogens is 426 g/mol. The minimum Gasteiger partial charge on any atom is -0.507 e. The Morgan fingerprint density at radius 1 is 1.15 bits per heavy atom. The second-order valence-corrected chi connectivity index (χ2v) is 7.19. The van der Waals surface area contributed by atoms with E-state index in [1.54, 1.807) is 42.6 Å². The number of hydrogen-bond acceptors (Lipinski definition) is 7. The third kappa shape index (κ3) is 4.03. The molecule has 9 heteroatoms. The van der Waals surface area contributed by atoms with Crippen LogP contribution in [-0.4, -0.2) is 33.3 Å². The number of aliphatic hydroxyl groups excluding tert-OH is 1. The highest BCUT2D eigenvalue weighted by molar-refractivity contribution is 6.51. The number of carbonyl (C=O) groups excluding carboxylic acids is 2. The van der Waals surface area contributed by atoms with Crippen molar-refractivity contribution in [1.82, 2.24) is 4.98 Å². The molecule has 0 aliphatic carbocycles. The number of rotatable bonds is 6. The number of nitro groups is 1. The summed E-state index contributed by atoms with van der Waals surface area (Å²) in [5.41, 5.74) is 0.810. The lowest BCUT2D eigenvalue weighted by atomic mass is 9.96. The van der Waals surface area contributed by atoms with Gasteiger partial charge in [0.1, 0.15) is 11.5 Å². The number of benzene rings is 2. The van der Waals surface area contributed by atoms with Crippen LogP contribution in [0.4, 0.5) is 11.4 Å². The Bertz CT molecular complexity index is 1250. The van der Waals surface area contributed by atoms with Crippen molar-refractivity contribution < 1.29 is 24.4 Å². The second-order valence-electron chi connectivity index (χ2n) is 7.19. The van der Waals surface area contributed by atoms with E-state index in [-0.39, 0.29) is 16.8 Å². The molecule has 1 saturated heterocycles. The van der Waals surface area contributed by atoms with Crippen LogP contribution in [0.25, 0.3) is 5.76 Å². The van der Waals surface area contributed by atoms with Crippen molar-refractivity contribution in [2.75, 3.05) is 11.5 Å². The van der Waals surface area contributed by atoms with E-state index >= 15 is 0 Å². The SMILES string of the molecule is CCOc1cccc(N2C(=O)C(=O)/C(=C(/O)c3ccc([N+](=O)[O-])cc3)C2c2cccnc2)c1. The molecular formula is C24H19N3O6. The molecule has 2 aromatic carbocycles. The first-order chi connectivity index (χ1) is 15.9. The summed E-state index contributed by atoms with van der Waals surface area (Å²) < 4.78 is 5.53. The number of nitro benzene ring substituents is 1. The standard InChI is InChI=1S/C24H19N3O6/c1-2-33-19-7-3-6-18(13-19)26-21(16-5-4-12-25-14-16)20(23(29)24(26)30)22(28)15-8-10-17(11-9-15)27(31)32/h3-14,21,28H,2H2,1H3/b22-20+. The lowest BCUT2D eigenvalue weighted by molar-refractivity contribution is -0.384. The lowest BCUT2D eigenvalue weighted by Gasteiger charge is -2.25. The van der Waals surface area contributed by atoms with E-state index in [0.29, 0.717) is 23.6 Å². The zero-order valence-electron chi connectivity index (χ0n) is 17.5. The van der Waals surface area contributed by atoms with E-state index in [4.69, 9.17) is 4.74 Å². The molecule has 1 N–H and O–H groups in total. The molecule has 2 heterocycles. The van der Waals surface area contributed by atoms with Gasteiger partial charge in [0.25, 0.3) is 17.4 Å². The summed E-state index contributed by atoms with van der Waals surface area (Å²) in [5.74, 6) is -1.60. The molecule has 0 spiro atoms. The van der Waals surface area contributed by atoms with Crippen LogP contribution >= 0.6 is 0 Å². The number of ether oxygens (including phenoxy) is 1. The second kappa shape index (κ2) is 8.91. The normalized spacial score (nSPS) is 17.2.